The lowest BCUT2D eigenvalue weighted by molar-refractivity contribution is 0.276. The Morgan fingerprint density at radius 3 is 2.94 bits per heavy atom. The molecule has 0 aromatic heterocycles. The first-order chi connectivity index (χ1) is 8.79. The Morgan fingerprint density at radius 2 is 2.28 bits per heavy atom. The van der Waals surface area contributed by atoms with E-state index in [1.165, 1.54) is 19.3 Å². The maximum atomic E-state index is 5.81. The molecule has 1 aliphatic rings. The number of benzene rings is 1. The second kappa shape index (κ2) is 7.15. The summed E-state index contributed by atoms with van der Waals surface area (Å²) >= 11 is 3.46. The number of rotatable bonds is 8. The Bertz CT molecular complexity index is 365. The lowest BCUT2D eigenvalue weighted by Gasteiger charge is -2.18. The smallest absolute Gasteiger partial charge is 0.120 e. The third-order valence-corrected chi connectivity index (χ3v) is 3.83. The molecule has 1 aliphatic carbocycles. The van der Waals surface area contributed by atoms with Crippen LogP contribution in [0.3, 0.4) is 0 Å². The van der Waals surface area contributed by atoms with Gasteiger partial charge in [-0.15, -0.1) is 0 Å². The highest BCUT2D eigenvalue weighted by atomic mass is 79.9. The van der Waals surface area contributed by atoms with E-state index < -0.39 is 0 Å². The Hall–Kier alpha value is -0.540. The molecule has 0 bridgehead atoms. The predicted molar refractivity (Wildman–Crippen MR) is 79.1 cm³/mol. The van der Waals surface area contributed by atoms with Crippen LogP contribution in [0.1, 0.15) is 32.6 Å². The fraction of sp³-hybridized carbons (Fsp3) is 0.600. The lowest BCUT2D eigenvalue weighted by Crippen LogP contribution is -2.33. The predicted octanol–water partition coefficient (Wildman–Crippen LogP) is 4.00. The van der Waals surface area contributed by atoms with Crippen LogP contribution < -0.4 is 10.1 Å². The van der Waals surface area contributed by atoms with Crippen LogP contribution in [-0.2, 0) is 0 Å². The minimum absolute atomic E-state index is 0.650. The van der Waals surface area contributed by atoms with Crippen molar-refractivity contribution >= 4 is 15.9 Å². The summed E-state index contributed by atoms with van der Waals surface area (Å²) in [6, 6.07) is 8.70. The van der Waals surface area contributed by atoms with E-state index in [1.54, 1.807) is 0 Å². The molecule has 1 unspecified atom stereocenters. The number of halogens is 1. The molecule has 18 heavy (non-hydrogen) atoms. The topological polar surface area (TPSA) is 21.3 Å². The van der Waals surface area contributed by atoms with Gasteiger partial charge in [0.2, 0.25) is 0 Å². The Kier molecular flexibility index (Phi) is 5.51. The van der Waals surface area contributed by atoms with E-state index in [0.717, 1.165) is 35.7 Å². The maximum absolute atomic E-state index is 5.81. The van der Waals surface area contributed by atoms with Gasteiger partial charge >= 0.3 is 0 Å². The van der Waals surface area contributed by atoms with E-state index in [4.69, 9.17) is 4.74 Å². The van der Waals surface area contributed by atoms with Crippen LogP contribution in [0.25, 0.3) is 0 Å². The molecule has 0 heterocycles. The van der Waals surface area contributed by atoms with Gasteiger partial charge in [-0.25, -0.2) is 0 Å². The quantitative estimate of drug-likeness (QED) is 0.783. The van der Waals surface area contributed by atoms with E-state index in [1.807, 2.05) is 24.3 Å². The standard InChI is InChI=1S/C15H22BrNO/c1-2-9-17-15(12-6-7-12)8-10-18-14-5-3-4-13(16)11-14/h3-5,11-12,15,17H,2,6-10H2,1H3. The fourth-order valence-corrected chi connectivity index (χ4v) is 2.57. The fourth-order valence-electron chi connectivity index (χ4n) is 2.19. The van der Waals surface area contributed by atoms with Gasteiger partial charge < -0.3 is 10.1 Å². The zero-order chi connectivity index (χ0) is 12.8. The molecule has 1 saturated carbocycles. The third kappa shape index (κ3) is 4.62. The monoisotopic (exact) mass is 311 g/mol. The first-order valence-electron chi connectivity index (χ1n) is 6.91. The molecule has 2 nitrogen and oxygen atoms in total. The molecule has 3 heteroatoms. The molecule has 0 radical (unpaired) electrons. The summed E-state index contributed by atoms with van der Waals surface area (Å²) in [6.45, 7) is 4.14. The van der Waals surface area contributed by atoms with Gasteiger partial charge in [0.1, 0.15) is 5.75 Å². The highest BCUT2D eigenvalue weighted by molar-refractivity contribution is 9.10. The molecule has 0 amide bonds. The molecule has 1 aromatic rings. The van der Waals surface area contributed by atoms with Gasteiger partial charge in [-0.05, 0) is 56.3 Å². The lowest BCUT2D eigenvalue weighted by atomic mass is 10.1. The number of ether oxygens (including phenoxy) is 1. The van der Waals surface area contributed by atoms with Gasteiger partial charge in [0.05, 0.1) is 6.61 Å². The second-order valence-corrected chi connectivity index (χ2v) is 5.91. The SMILES string of the molecule is CCCNC(CCOc1cccc(Br)c1)C1CC1. The van der Waals surface area contributed by atoms with Crippen LogP contribution >= 0.6 is 15.9 Å². The molecule has 0 aliphatic heterocycles. The molecule has 0 saturated heterocycles. The third-order valence-electron chi connectivity index (χ3n) is 3.34. The van der Waals surface area contributed by atoms with Gasteiger partial charge in [-0.3, -0.25) is 0 Å². The second-order valence-electron chi connectivity index (χ2n) is 4.99. The summed E-state index contributed by atoms with van der Waals surface area (Å²) in [7, 11) is 0. The van der Waals surface area contributed by atoms with Crippen molar-refractivity contribution in [1.29, 1.82) is 0 Å². The molecule has 1 aromatic carbocycles. The van der Waals surface area contributed by atoms with E-state index >= 15 is 0 Å². The largest absolute Gasteiger partial charge is 0.493 e. The van der Waals surface area contributed by atoms with E-state index in [0.29, 0.717) is 6.04 Å². The molecular formula is C15H22BrNO. The number of hydrogen-bond acceptors (Lipinski definition) is 2. The van der Waals surface area contributed by atoms with Crippen LogP contribution in [-0.4, -0.2) is 19.2 Å². The summed E-state index contributed by atoms with van der Waals surface area (Å²) in [5.41, 5.74) is 0. The van der Waals surface area contributed by atoms with Gasteiger partial charge in [0.25, 0.3) is 0 Å². The highest BCUT2D eigenvalue weighted by Gasteiger charge is 2.30. The van der Waals surface area contributed by atoms with Crippen LogP contribution in [0, 0.1) is 5.92 Å². The van der Waals surface area contributed by atoms with Crippen molar-refractivity contribution in [2.24, 2.45) is 5.92 Å². The summed E-state index contributed by atoms with van der Waals surface area (Å²) < 4.78 is 6.88. The van der Waals surface area contributed by atoms with Gasteiger partial charge in [-0.1, -0.05) is 28.9 Å². The van der Waals surface area contributed by atoms with Crippen molar-refractivity contribution in [2.45, 2.75) is 38.6 Å². The van der Waals surface area contributed by atoms with Crippen molar-refractivity contribution in [3.05, 3.63) is 28.7 Å². The summed E-state index contributed by atoms with van der Waals surface area (Å²) in [6.07, 6.45) is 5.09. The molecule has 1 N–H and O–H groups in total. The minimum atomic E-state index is 0.650. The van der Waals surface area contributed by atoms with Crippen LogP contribution in [0.15, 0.2) is 28.7 Å². The molecule has 1 fully saturated rings. The van der Waals surface area contributed by atoms with Gasteiger partial charge in [0, 0.05) is 10.5 Å². The van der Waals surface area contributed by atoms with Crippen molar-refractivity contribution < 1.29 is 4.74 Å². The molecule has 1 atom stereocenters. The highest BCUT2D eigenvalue weighted by Crippen LogP contribution is 2.34. The molecule has 0 spiro atoms. The van der Waals surface area contributed by atoms with Gasteiger partial charge in [0.15, 0.2) is 0 Å². The minimum Gasteiger partial charge on any atom is -0.493 e. The average Bonchev–Trinajstić information content (AvgIpc) is 3.18. The van der Waals surface area contributed by atoms with Crippen molar-refractivity contribution in [2.75, 3.05) is 13.2 Å². The van der Waals surface area contributed by atoms with E-state index in [-0.39, 0.29) is 0 Å². The van der Waals surface area contributed by atoms with E-state index in [9.17, 15) is 0 Å². The molecular weight excluding hydrogens is 290 g/mol. The average molecular weight is 312 g/mol. The molecule has 2 rings (SSSR count). The van der Waals surface area contributed by atoms with E-state index in [2.05, 4.69) is 28.2 Å². The maximum Gasteiger partial charge on any atom is 0.120 e. The number of hydrogen-bond donors (Lipinski definition) is 1. The number of nitrogens with one attached hydrogen (secondary N) is 1. The van der Waals surface area contributed by atoms with Crippen molar-refractivity contribution in [1.82, 2.24) is 5.32 Å². The van der Waals surface area contributed by atoms with Crippen LogP contribution in [0.5, 0.6) is 5.75 Å². The Balaban J connectivity index is 1.72. The van der Waals surface area contributed by atoms with Crippen LogP contribution in [0.4, 0.5) is 0 Å². The summed E-state index contributed by atoms with van der Waals surface area (Å²) in [5, 5.41) is 3.64. The summed E-state index contributed by atoms with van der Waals surface area (Å²) in [5.74, 6) is 1.84. The van der Waals surface area contributed by atoms with Gasteiger partial charge in [-0.2, -0.15) is 0 Å². The normalized spacial score (nSPS) is 16.6. The first-order valence-corrected chi connectivity index (χ1v) is 7.70. The van der Waals surface area contributed by atoms with Crippen molar-refractivity contribution in [3.63, 3.8) is 0 Å². The first kappa shape index (κ1) is 13.9. The molecule has 100 valence electrons. The summed E-state index contributed by atoms with van der Waals surface area (Å²) in [4.78, 5) is 0. The zero-order valence-corrected chi connectivity index (χ0v) is 12.6. The Labute approximate surface area is 118 Å². The Morgan fingerprint density at radius 1 is 1.44 bits per heavy atom. The zero-order valence-electron chi connectivity index (χ0n) is 11.0. The van der Waals surface area contributed by atoms with Crippen molar-refractivity contribution in [3.8, 4) is 5.75 Å². The van der Waals surface area contributed by atoms with Crippen LogP contribution in [0.2, 0.25) is 0 Å².